The molecule has 1 atom stereocenters. The van der Waals surface area contributed by atoms with Crippen LogP contribution in [0.4, 0.5) is 4.39 Å². The van der Waals surface area contributed by atoms with Gasteiger partial charge in [-0.2, -0.15) is 0 Å². The molecule has 5 rings (SSSR count). The molecule has 4 aromatic rings. The Morgan fingerprint density at radius 3 is 2.82 bits per heavy atom. The average molecular weight is 474 g/mol. The molecule has 1 amide bonds. The summed E-state index contributed by atoms with van der Waals surface area (Å²) in [5.74, 6) is -0.547. The number of hydrogen-bond donors (Lipinski definition) is 1. The fourth-order valence-electron chi connectivity index (χ4n) is 4.30. The van der Waals surface area contributed by atoms with Gasteiger partial charge in [-0.3, -0.25) is 14.2 Å². The average Bonchev–Trinajstić information content (AvgIpc) is 3.58. The minimum Gasteiger partial charge on any atom is -0.398 e. The van der Waals surface area contributed by atoms with Gasteiger partial charge in [-0.25, -0.2) is 9.37 Å². The van der Waals surface area contributed by atoms with Crippen molar-refractivity contribution in [3.05, 3.63) is 89.3 Å². The van der Waals surface area contributed by atoms with Gasteiger partial charge in [0.05, 0.1) is 12.6 Å². The SMILES string of the molecule is N/C(=C\C=NC[C@@H]1CCCN1C(=O)c1c(-c2ccccc2F)nc2sccn12)c1ccccc1. The molecular formula is C26H24FN5OS. The number of aromatic nitrogens is 2. The van der Waals surface area contributed by atoms with E-state index in [2.05, 4.69) is 9.98 Å². The highest BCUT2D eigenvalue weighted by Gasteiger charge is 2.33. The van der Waals surface area contributed by atoms with Gasteiger partial charge in [-0.15, -0.1) is 11.3 Å². The van der Waals surface area contributed by atoms with E-state index in [0.29, 0.717) is 40.7 Å². The van der Waals surface area contributed by atoms with E-state index in [4.69, 9.17) is 5.73 Å². The van der Waals surface area contributed by atoms with Crippen LogP contribution in [0.1, 0.15) is 28.9 Å². The van der Waals surface area contributed by atoms with Gasteiger partial charge in [0.1, 0.15) is 17.2 Å². The van der Waals surface area contributed by atoms with Crippen molar-refractivity contribution in [2.24, 2.45) is 10.7 Å². The zero-order valence-corrected chi connectivity index (χ0v) is 19.3. The van der Waals surface area contributed by atoms with E-state index in [1.807, 2.05) is 46.8 Å². The van der Waals surface area contributed by atoms with Crippen molar-refractivity contribution in [1.82, 2.24) is 14.3 Å². The third-order valence-electron chi connectivity index (χ3n) is 6.01. The minimum absolute atomic E-state index is 0.0345. The molecule has 1 aliphatic rings. The Kier molecular flexibility index (Phi) is 6.22. The summed E-state index contributed by atoms with van der Waals surface area (Å²) in [6.07, 6.45) is 7.05. The summed E-state index contributed by atoms with van der Waals surface area (Å²) in [5.41, 5.74) is 8.80. The maximum Gasteiger partial charge on any atom is 0.273 e. The van der Waals surface area contributed by atoms with E-state index in [1.165, 1.54) is 17.4 Å². The standard InChI is InChI=1S/C26H24FN5OS/c27-21-11-5-4-10-20(21)23-24(32-15-16-34-26(32)30-23)25(33)31-14-6-9-19(31)17-29-13-12-22(28)18-7-2-1-3-8-18/h1-5,7-8,10-13,15-16,19H,6,9,14,17,28H2/b22-12-,29-13?/t19-/m0/s1. The van der Waals surface area contributed by atoms with E-state index in [0.717, 1.165) is 18.4 Å². The number of hydrogen-bond acceptors (Lipinski definition) is 5. The highest BCUT2D eigenvalue weighted by Crippen LogP contribution is 2.31. The lowest BCUT2D eigenvalue weighted by Gasteiger charge is -2.23. The number of nitrogens with zero attached hydrogens (tertiary/aromatic N) is 4. The van der Waals surface area contributed by atoms with Crippen LogP contribution >= 0.6 is 11.3 Å². The van der Waals surface area contributed by atoms with Crippen LogP contribution in [0.2, 0.25) is 0 Å². The number of carbonyl (C=O) groups excluding carboxylic acids is 1. The summed E-state index contributed by atoms with van der Waals surface area (Å²) < 4.78 is 16.4. The van der Waals surface area contributed by atoms with E-state index in [1.54, 1.807) is 34.9 Å². The number of halogens is 1. The van der Waals surface area contributed by atoms with Crippen LogP contribution in [0.15, 0.2) is 77.2 Å². The molecule has 6 nitrogen and oxygen atoms in total. The predicted molar refractivity (Wildman–Crippen MR) is 134 cm³/mol. The molecule has 2 aromatic carbocycles. The summed E-state index contributed by atoms with van der Waals surface area (Å²) >= 11 is 1.42. The molecule has 172 valence electrons. The normalized spacial score (nSPS) is 16.7. The molecule has 1 aliphatic heterocycles. The van der Waals surface area contributed by atoms with Gasteiger partial charge in [0.15, 0.2) is 4.96 Å². The number of aliphatic imine (C=N–C) groups is 1. The summed E-state index contributed by atoms with van der Waals surface area (Å²) in [7, 11) is 0. The number of allylic oxidation sites excluding steroid dienone is 1. The lowest BCUT2D eigenvalue weighted by Crippen LogP contribution is -2.38. The molecule has 34 heavy (non-hydrogen) atoms. The molecule has 0 bridgehead atoms. The van der Waals surface area contributed by atoms with Crippen molar-refractivity contribution in [3.8, 4) is 11.3 Å². The fourth-order valence-corrected chi connectivity index (χ4v) is 5.02. The van der Waals surface area contributed by atoms with Crippen LogP contribution in [0.5, 0.6) is 0 Å². The number of amides is 1. The molecule has 8 heteroatoms. The Morgan fingerprint density at radius 1 is 1.21 bits per heavy atom. The molecule has 0 radical (unpaired) electrons. The molecule has 2 N–H and O–H groups in total. The van der Waals surface area contributed by atoms with Crippen LogP contribution in [-0.4, -0.2) is 45.5 Å². The number of benzene rings is 2. The van der Waals surface area contributed by atoms with Crippen molar-refractivity contribution in [2.45, 2.75) is 18.9 Å². The Morgan fingerprint density at radius 2 is 2.00 bits per heavy atom. The highest BCUT2D eigenvalue weighted by atomic mass is 32.1. The van der Waals surface area contributed by atoms with Crippen molar-refractivity contribution in [2.75, 3.05) is 13.1 Å². The first-order chi connectivity index (χ1) is 16.6. The maximum absolute atomic E-state index is 14.6. The number of nitrogens with two attached hydrogens (primary N) is 1. The van der Waals surface area contributed by atoms with Gasteiger partial charge in [0.25, 0.3) is 5.91 Å². The zero-order valence-electron chi connectivity index (χ0n) is 18.5. The molecule has 0 saturated carbocycles. The van der Waals surface area contributed by atoms with E-state index < -0.39 is 5.82 Å². The van der Waals surface area contributed by atoms with Gasteiger partial charge < -0.3 is 10.6 Å². The van der Waals surface area contributed by atoms with Gasteiger partial charge in [0, 0.05) is 35.6 Å². The number of rotatable bonds is 6. The second-order valence-corrected chi connectivity index (χ2v) is 9.01. The Labute approximate surface area is 200 Å². The fraction of sp³-hybridized carbons (Fsp3) is 0.192. The summed E-state index contributed by atoms with van der Waals surface area (Å²) in [4.78, 5) is 25.3. The molecule has 1 fully saturated rings. The molecule has 0 unspecified atom stereocenters. The van der Waals surface area contributed by atoms with Gasteiger partial charge in [-0.1, -0.05) is 42.5 Å². The molecule has 2 aromatic heterocycles. The van der Waals surface area contributed by atoms with Crippen LogP contribution in [-0.2, 0) is 0 Å². The minimum atomic E-state index is -0.396. The number of fused-ring (bicyclic) bond motifs is 1. The van der Waals surface area contributed by atoms with Crippen LogP contribution < -0.4 is 5.73 Å². The molecule has 0 spiro atoms. The van der Waals surface area contributed by atoms with E-state index >= 15 is 0 Å². The van der Waals surface area contributed by atoms with E-state index in [-0.39, 0.29) is 11.9 Å². The topological polar surface area (TPSA) is 76.0 Å². The number of imidazole rings is 1. The van der Waals surface area contributed by atoms with Crippen molar-refractivity contribution < 1.29 is 9.18 Å². The lowest BCUT2D eigenvalue weighted by molar-refractivity contribution is 0.0735. The van der Waals surface area contributed by atoms with Crippen LogP contribution in [0.25, 0.3) is 21.9 Å². The van der Waals surface area contributed by atoms with Gasteiger partial charge in [0.2, 0.25) is 0 Å². The second kappa shape index (κ2) is 9.61. The molecular weight excluding hydrogens is 449 g/mol. The van der Waals surface area contributed by atoms with Crippen molar-refractivity contribution >= 4 is 34.1 Å². The largest absolute Gasteiger partial charge is 0.398 e. The Bertz CT molecular complexity index is 1370. The second-order valence-electron chi connectivity index (χ2n) is 8.14. The van der Waals surface area contributed by atoms with Crippen molar-refractivity contribution in [3.63, 3.8) is 0 Å². The summed E-state index contributed by atoms with van der Waals surface area (Å²) in [5, 5.41) is 1.87. The third kappa shape index (κ3) is 4.24. The smallest absolute Gasteiger partial charge is 0.273 e. The molecule has 3 heterocycles. The number of carbonyl (C=O) groups is 1. The first-order valence-corrected chi connectivity index (χ1v) is 12.0. The number of thiazole rings is 1. The molecule has 0 aliphatic carbocycles. The predicted octanol–water partition coefficient (Wildman–Crippen LogP) is 4.88. The highest BCUT2D eigenvalue weighted by molar-refractivity contribution is 7.15. The quantitative estimate of drug-likeness (QED) is 0.406. The van der Waals surface area contributed by atoms with Crippen molar-refractivity contribution in [1.29, 1.82) is 0 Å². The monoisotopic (exact) mass is 473 g/mol. The van der Waals surface area contributed by atoms with Gasteiger partial charge in [-0.05, 0) is 36.6 Å². The summed E-state index contributed by atoms with van der Waals surface area (Å²) in [6.45, 7) is 1.11. The zero-order chi connectivity index (χ0) is 23.5. The maximum atomic E-state index is 14.6. The first kappa shape index (κ1) is 22.0. The molecule has 1 saturated heterocycles. The van der Waals surface area contributed by atoms with E-state index in [9.17, 15) is 9.18 Å². The van der Waals surface area contributed by atoms with Crippen LogP contribution in [0, 0.1) is 5.82 Å². The Balaban J connectivity index is 1.38. The Hall–Kier alpha value is -3.78. The lowest BCUT2D eigenvalue weighted by atomic mass is 10.1. The van der Waals surface area contributed by atoms with Gasteiger partial charge >= 0.3 is 0 Å². The summed E-state index contributed by atoms with van der Waals surface area (Å²) in [6, 6.07) is 16.1. The number of likely N-dealkylation sites (tertiary alicyclic amines) is 1. The first-order valence-electron chi connectivity index (χ1n) is 11.2. The van der Waals surface area contributed by atoms with Crippen LogP contribution in [0.3, 0.4) is 0 Å². The third-order valence-corrected chi connectivity index (χ3v) is 6.77.